The summed E-state index contributed by atoms with van der Waals surface area (Å²) in [5, 5.41) is 9.01. The molecule has 0 bridgehead atoms. The van der Waals surface area contributed by atoms with Gasteiger partial charge in [-0.3, -0.25) is 4.79 Å². The molecule has 1 aliphatic rings. The summed E-state index contributed by atoms with van der Waals surface area (Å²) in [6.07, 6.45) is 0. The van der Waals surface area contributed by atoms with E-state index in [1.54, 1.807) is 0 Å². The molecule has 0 aromatic carbocycles. The van der Waals surface area contributed by atoms with Crippen LogP contribution in [-0.2, 0) is 4.79 Å². The molecule has 0 amide bonds. The van der Waals surface area contributed by atoms with Crippen LogP contribution in [0, 0.1) is 17.3 Å². The van der Waals surface area contributed by atoms with Crippen molar-refractivity contribution in [2.24, 2.45) is 17.3 Å². The second-order valence-electron chi connectivity index (χ2n) is 4.11. The van der Waals surface area contributed by atoms with Crippen LogP contribution in [0.5, 0.6) is 0 Å². The third kappa shape index (κ3) is 2.38. The molecule has 1 aliphatic carbocycles. The number of halogens is 4. The SMILES string of the molecule is CC1(C)[C@@H](C(=O)O)[C@@H]1C(Br)C(Br)(Br)Br. The Hall–Kier alpha value is 1.39. The Kier molecular flexibility index (Phi) is 3.85. The highest BCUT2D eigenvalue weighted by atomic mass is 80.0. The normalized spacial score (nSPS) is 32.4. The van der Waals surface area contributed by atoms with Crippen LogP contribution in [0.15, 0.2) is 0 Å². The molecule has 0 saturated heterocycles. The van der Waals surface area contributed by atoms with E-state index < -0.39 is 8.11 Å². The molecular formula is C8H10Br4O2. The zero-order valence-corrected chi connectivity index (χ0v) is 13.9. The molecule has 1 fully saturated rings. The zero-order valence-electron chi connectivity index (χ0n) is 7.60. The maximum atomic E-state index is 11.0. The molecule has 1 saturated carbocycles. The van der Waals surface area contributed by atoms with Crippen LogP contribution in [0.3, 0.4) is 0 Å². The van der Waals surface area contributed by atoms with E-state index in [1.807, 2.05) is 13.8 Å². The molecule has 0 aromatic rings. The number of hydrogen-bond acceptors (Lipinski definition) is 1. The Morgan fingerprint density at radius 1 is 1.43 bits per heavy atom. The number of carbonyl (C=O) groups is 1. The van der Waals surface area contributed by atoms with Crippen LogP contribution in [0.4, 0.5) is 0 Å². The minimum atomic E-state index is -0.721. The maximum Gasteiger partial charge on any atom is 0.307 e. The lowest BCUT2D eigenvalue weighted by Crippen LogP contribution is -2.22. The van der Waals surface area contributed by atoms with Crippen molar-refractivity contribution in [2.45, 2.75) is 20.8 Å². The highest BCUT2D eigenvalue weighted by Crippen LogP contribution is 2.65. The van der Waals surface area contributed by atoms with Gasteiger partial charge in [0.15, 0.2) is 0 Å². The van der Waals surface area contributed by atoms with Crippen LogP contribution in [0.2, 0.25) is 0 Å². The fraction of sp³-hybridized carbons (Fsp3) is 0.875. The standard InChI is InChI=1S/C8H10Br4O2/c1-7(2)3(4(7)6(13)14)5(9)8(10,11)12/h3-5H,1-2H3,(H,13,14)/t3-,4-,5?/m1/s1. The average molecular weight is 458 g/mol. The van der Waals surface area contributed by atoms with Crippen molar-refractivity contribution >= 4 is 69.7 Å². The average Bonchev–Trinajstić information content (AvgIpc) is 2.49. The van der Waals surface area contributed by atoms with Gasteiger partial charge in [0, 0.05) is 0 Å². The number of hydrogen-bond donors (Lipinski definition) is 1. The highest BCUT2D eigenvalue weighted by Gasteiger charge is 2.66. The molecule has 0 spiro atoms. The van der Waals surface area contributed by atoms with Gasteiger partial charge in [-0.2, -0.15) is 0 Å². The van der Waals surface area contributed by atoms with Gasteiger partial charge in [0.25, 0.3) is 0 Å². The highest BCUT2D eigenvalue weighted by molar-refractivity contribution is 9.40. The van der Waals surface area contributed by atoms with Crippen LogP contribution in [-0.4, -0.2) is 18.0 Å². The Labute approximate surface area is 117 Å². The van der Waals surface area contributed by atoms with Crippen molar-refractivity contribution in [3.05, 3.63) is 0 Å². The van der Waals surface area contributed by atoms with Crippen LogP contribution in [0.25, 0.3) is 0 Å². The van der Waals surface area contributed by atoms with Crippen LogP contribution in [0.1, 0.15) is 13.8 Å². The number of alkyl halides is 4. The lowest BCUT2D eigenvalue weighted by atomic mass is 10.1. The molecule has 2 nitrogen and oxygen atoms in total. The number of carboxylic acids is 1. The Bertz CT molecular complexity index is 259. The first-order chi connectivity index (χ1) is 6.10. The minimum Gasteiger partial charge on any atom is -0.481 e. The second kappa shape index (κ2) is 4.00. The molecule has 82 valence electrons. The van der Waals surface area contributed by atoms with Crippen molar-refractivity contribution < 1.29 is 9.90 Å². The van der Waals surface area contributed by atoms with Crippen LogP contribution >= 0.6 is 63.7 Å². The van der Waals surface area contributed by atoms with E-state index in [0.29, 0.717) is 0 Å². The quantitative estimate of drug-likeness (QED) is 0.638. The zero-order chi connectivity index (χ0) is 11.3. The molecule has 6 heteroatoms. The van der Waals surface area contributed by atoms with Crippen molar-refractivity contribution in [1.82, 2.24) is 0 Å². The molecule has 1 N–H and O–H groups in total. The van der Waals surface area contributed by atoms with Crippen LogP contribution < -0.4 is 0 Å². The molecule has 3 atom stereocenters. The minimum absolute atomic E-state index is 0.0195. The van der Waals surface area contributed by atoms with E-state index in [4.69, 9.17) is 5.11 Å². The molecule has 14 heavy (non-hydrogen) atoms. The smallest absolute Gasteiger partial charge is 0.307 e. The van der Waals surface area contributed by atoms with Gasteiger partial charge in [-0.25, -0.2) is 0 Å². The van der Waals surface area contributed by atoms with Gasteiger partial charge in [-0.15, -0.1) is 0 Å². The molecule has 0 heterocycles. The van der Waals surface area contributed by atoms with E-state index >= 15 is 0 Å². The summed E-state index contributed by atoms with van der Waals surface area (Å²) in [6, 6.07) is 0. The fourth-order valence-corrected chi connectivity index (χ4v) is 3.74. The Balaban J connectivity index is 2.79. The van der Waals surface area contributed by atoms with Gasteiger partial charge >= 0.3 is 5.97 Å². The number of carboxylic acid groups (broad SMARTS) is 1. The molecule has 0 aromatic heterocycles. The first-order valence-corrected chi connectivity index (χ1v) is 7.33. The van der Waals surface area contributed by atoms with Crippen molar-refractivity contribution in [3.63, 3.8) is 0 Å². The molecule has 0 radical (unpaired) electrons. The molecule has 1 unspecified atom stereocenters. The molecular weight excluding hydrogens is 448 g/mol. The van der Waals surface area contributed by atoms with Crippen molar-refractivity contribution in [3.8, 4) is 0 Å². The summed E-state index contributed by atoms with van der Waals surface area (Å²) in [6.45, 7) is 3.95. The third-order valence-electron chi connectivity index (χ3n) is 2.80. The fourth-order valence-electron chi connectivity index (χ4n) is 1.90. The van der Waals surface area contributed by atoms with Gasteiger partial charge in [-0.05, 0) is 11.3 Å². The summed E-state index contributed by atoms with van der Waals surface area (Å²) in [5.74, 6) is -0.891. The predicted octanol–water partition coefficient (Wildman–Crippen LogP) is 3.95. The third-order valence-corrected chi connectivity index (χ3v) is 7.38. The summed E-state index contributed by atoms with van der Waals surface area (Å²) >= 11 is 13.7. The van der Waals surface area contributed by atoms with Gasteiger partial charge < -0.3 is 5.11 Å². The summed E-state index contributed by atoms with van der Waals surface area (Å²) in [7, 11) is 0. The predicted molar refractivity (Wildman–Crippen MR) is 70.6 cm³/mol. The van der Waals surface area contributed by atoms with E-state index in [1.165, 1.54) is 0 Å². The Morgan fingerprint density at radius 3 is 2.07 bits per heavy atom. The van der Waals surface area contributed by atoms with E-state index in [2.05, 4.69) is 63.7 Å². The largest absolute Gasteiger partial charge is 0.481 e. The van der Waals surface area contributed by atoms with Crippen molar-refractivity contribution in [2.75, 3.05) is 0 Å². The first-order valence-electron chi connectivity index (χ1n) is 4.03. The lowest BCUT2D eigenvalue weighted by Gasteiger charge is -2.20. The number of aliphatic carboxylic acids is 1. The van der Waals surface area contributed by atoms with Gasteiger partial charge in [0.1, 0.15) is 2.14 Å². The van der Waals surface area contributed by atoms with Gasteiger partial charge in [0.05, 0.1) is 10.7 Å². The topological polar surface area (TPSA) is 37.3 Å². The van der Waals surface area contributed by atoms with E-state index in [-0.39, 0.29) is 22.1 Å². The van der Waals surface area contributed by atoms with Crippen molar-refractivity contribution in [1.29, 1.82) is 0 Å². The summed E-state index contributed by atoms with van der Waals surface area (Å²) < 4.78 is -0.445. The summed E-state index contributed by atoms with van der Waals surface area (Å²) in [4.78, 5) is 11.0. The second-order valence-corrected chi connectivity index (χ2v) is 12.0. The Morgan fingerprint density at radius 2 is 1.86 bits per heavy atom. The van der Waals surface area contributed by atoms with Gasteiger partial charge in [-0.1, -0.05) is 77.6 Å². The first kappa shape index (κ1) is 13.5. The number of rotatable bonds is 2. The summed E-state index contributed by atoms with van der Waals surface area (Å²) in [5.41, 5.74) is -0.152. The molecule has 0 aliphatic heterocycles. The van der Waals surface area contributed by atoms with E-state index in [0.717, 1.165) is 0 Å². The lowest BCUT2D eigenvalue weighted by molar-refractivity contribution is -0.139. The molecule has 1 rings (SSSR count). The maximum absolute atomic E-state index is 11.0. The van der Waals surface area contributed by atoms with Gasteiger partial charge in [0.2, 0.25) is 0 Å². The monoisotopic (exact) mass is 454 g/mol. The van der Waals surface area contributed by atoms with E-state index in [9.17, 15) is 4.79 Å².